The monoisotopic (exact) mass is 216 g/mol. The van der Waals surface area contributed by atoms with Crippen LogP contribution < -0.4 is 0 Å². The van der Waals surface area contributed by atoms with Crippen LogP contribution in [0.4, 0.5) is 4.39 Å². The minimum atomic E-state index is -0.209. The molecular formula is C13H13FN2. The van der Waals surface area contributed by atoms with Crippen molar-refractivity contribution in [1.29, 1.82) is 0 Å². The SMILES string of the molecule is Cc1c(-c2ccc(F)cc2)n[nH]c1C1CC1. The van der Waals surface area contributed by atoms with E-state index in [1.165, 1.54) is 36.2 Å². The van der Waals surface area contributed by atoms with Crippen LogP contribution in [-0.4, -0.2) is 10.2 Å². The fourth-order valence-corrected chi connectivity index (χ4v) is 2.07. The molecule has 0 atom stereocenters. The Hall–Kier alpha value is -1.64. The van der Waals surface area contributed by atoms with Crippen LogP contribution in [0.3, 0.4) is 0 Å². The van der Waals surface area contributed by atoms with Gasteiger partial charge in [-0.2, -0.15) is 5.10 Å². The number of hydrogen-bond acceptors (Lipinski definition) is 1. The summed E-state index contributed by atoms with van der Waals surface area (Å²) in [6.07, 6.45) is 2.51. The zero-order valence-electron chi connectivity index (χ0n) is 9.13. The van der Waals surface area contributed by atoms with Crippen molar-refractivity contribution in [3.8, 4) is 11.3 Å². The number of benzene rings is 1. The largest absolute Gasteiger partial charge is 0.281 e. The molecule has 0 aliphatic heterocycles. The summed E-state index contributed by atoms with van der Waals surface area (Å²) in [5.74, 6) is 0.459. The predicted octanol–water partition coefficient (Wildman–Crippen LogP) is 3.40. The van der Waals surface area contributed by atoms with Gasteiger partial charge in [-0.1, -0.05) is 0 Å². The molecule has 1 heterocycles. The van der Waals surface area contributed by atoms with Crippen LogP contribution >= 0.6 is 0 Å². The summed E-state index contributed by atoms with van der Waals surface area (Å²) < 4.78 is 12.8. The second kappa shape index (κ2) is 3.44. The minimum Gasteiger partial charge on any atom is -0.281 e. The molecule has 1 aliphatic rings. The van der Waals surface area contributed by atoms with Gasteiger partial charge in [-0.3, -0.25) is 5.10 Å². The summed E-state index contributed by atoms with van der Waals surface area (Å²) in [4.78, 5) is 0. The van der Waals surface area contributed by atoms with E-state index in [0.29, 0.717) is 5.92 Å². The maximum atomic E-state index is 12.8. The zero-order valence-corrected chi connectivity index (χ0v) is 9.13. The van der Waals surface area contributed by atoms with Crippen LogP contribution in [0.25, 0.3) is 11.3 Å². The number of hydrogen-bond donors (Lipinski definition) is 1. The molecule has 0 saturated heterocycles. The molecule has 0 spiro atoms. The van der Waals surface area contributed by atoms with E-state index < -0.39 is 0 Å². The molecule has 0 radical (unpaired) electrons. The average molecular weight is 216 g/mol. The van der Waals surface area contributed by atoms with Crippen LogP contribution in [0, 0.1) is 12.7 Å². The molecule has 1 aromatic heterocycles. The van der Waals surface area contributed by atoms with Crippen molar-refractivity contribution < 1.29 is 4.39 Å². The number of H-pyrrole nitrogens is 1. The lowest BCUT2D eigenvalue weighted by atomic mass is 10.1. The van der Waals surface area contributed by atoms with Crippen molar-refractivity contribution in [2.75, 3.05) is 0 Å². The van der Waals surface area contributed by atoms with Crippen LogP contribution in [0.1, 0.15) is 30.0 Å². The molecule has 2 aromatic rings. The quantitative estimate of drug-likeness (QED) is 0.818. The fraction of sp³-hybridized carbons (Fsp3) is 0.308. The van der Waals surface area contributed by atoms with Gasteiger partial charge in [0.1, 0.15) is 5.82 Å². The van der Waals surface area contributed by atoms with Gasteiger partial charge in [0.2, 0.25) is 0 Å². The van der Waals surface area contributed by atoms with E-state index in [1.807, 2.05) is 0 Å². The molecule has 16 heavy (non-hydrogen) atoms. The van der Waals surface area contributed by atoms with Crippen molar-refractivity contribution in [3.05, 3.63) is 41.3 Å². The van der Waals surface area contributed by atoms with Crippen LogP contribution in [0.5, 0.6) is 0 Å². The first-order valence-electron chi connectivity index (χ1n) is 5.56. The summed E-state index contributed by atoms with van der Waals surface area (Å²) >= 11 is 0. The number of halogens is 1. The first-order chi connectivity index (χ1) is 7.75. The van der Waals surface area contributed by atoms with E-state index in [1.54, 1.807) is 12.1 Å². The van der Waals surface area contributed by atoms with Gasteiger partial charge in [0.15, 0.2) is 0 Å². The Morgan fingerprint density at radius 3 is 2.56 bits per heavy atom. The van der Waals surface area contributed by atoms with E-state index in [0.717, 1.165) is 11.3 Å². The number of aromatic nitrogens is 2. The van der Waals surface area contributed by atoms with Gasteiger partial charge in [-0.15, -0.1) is 0 Å². The minimum absolute atomic E-state index is 0.209. The van der Waals surface area contributed by atoms with Gasteiger partial charge in [0, 0.05) is 17.2 Å². The van der Waals surface area contributed by atoms with Gasteiger partial charge < -0.3 is 0 Å². The van der Waals surface area contributed by atoms with Crippen LogP contribution in [0.15, 0.2) is 24.3 Å². The molecular weight excluding hydrogens is 203 g/mol. The summed E-state index contributed by atoms with van der Waals surface area (Å²) in [6, 6.07) is 6.49. The smallest absolute Gasteiger partial charge is 0.123 e. The summed E-state index contributed by atoms with van der Waals surface area (Å²) in [5, 5.41) is 7.43. The maximum absolute atomic E-state index is 12.8. The normalized spacial score (nSPS) is 15.4. The standard InChI is InChI=1S/C13H13FN2/c1-8-12(9-2-3-9)15-16-13(8)10-4-6-11(14)7-5-10/h4-7,9H,2-3H2,1H3,(H,15,16). The van der Waals surface area contributed by atoms with Crippen molar-refractivity contribution in [2.24, 2.45) is 0 Å². The lowest BCUT2D eigenvalue weighted by molar-refractivity contribution is 0.628. The highest BCUT2D eigenvalue weighted by Gasteiger charge is 2.28. The molecule has 1 aromatic carbocycles. The highest BCUT2D eigenvalue weighted by molar-refractivity contribution is 5.64. The predicted molar refractivity (Wildman–Crippen MR) is 60.7 cm³/mol. The molecule has 3 rings (SSSR count). The molecule has 3 heteroatoms. The average Bonchev–Trinajstić information content (AvgIpc) is 3.05. The third kappa shape index (κ3) is 1.52. The third-order valence-electron chi connectivity index (χ3n) is 3.15. The Kier molecular flexibility index (Phi) is 2.06. The Morgan fingerprint density at radius 2 is 1.94 bits per heavy atom. The number of rotatable bonds is 2. The van der Waals surface area contributed by atoms with Crippen LogP contribution in [0.2, 0.25) is 0 Å². The Labute approximate surface area is 93.5 Å². The highest BCUT2D eigenvalue weighted by Crippen LogP contribution is 2.42. The Balaban J connectivity index is 2.02. The van der Waals surface area contributed by atoms with Crippen molar-refractivity contribution >= 4 is 0 Å². The van der Waals surface area contributed by atoms with Crippen molar-refractivity contribution in [2.45, 2.75) is 25.7 Å². The van der Waals surface area contributed by atoms with E-state index >= 15 is 0 Å². The molecule has 2 nitrogen and oxygen atoms in total. The summed E-state index contributed by atoms with van der Waals surface area (Å²) in [5.41, 5.74) is 4.37. The van der Waals surface area contributed by atoms with E-state index in [9.17, 15) is 4.39 Å². The Bertz CT molecular complexity index is 509. The number of nitrogens with zero attached hydrogens (tertiary/aromatic N) is 1. The second-order valence-corrected chi connectivity index (χ2v) is 4.39. The molecule has 1 fully saturated rings. The second-order valence-electron chi connectivity index (χ2n) is 4.39. The summed E-state index contributed by atoms with van der Waals surface area (Å²) in [6.45, 7) is 2.08. The van der Waals surface area contributed by atoms with Gasteiger partial charge in [0.25, 0.3) is 0 Å². The molecule has 0 bridgehead atoms. The maximum Gasteiger partial charge on any atom is 0.123 e. The molecule has 1 N–H and O–H groups in total. The molecule has 82 valence electrons. The highest BCUT2D eigenvalue weighted by atomic mass is 19.1. The number of nitrogens with one attached hydrogen (secondary N) is 1. The van der Waals surface area contributed by atoms with Crippen molar-refractivity contribution in [3.63, 3.8) is 0 Å². The molecule has 1 aliphatic carbocycles. The van der Waals surface area contributed by atoms with E-state index in [2.05, 4.69) is 17.1 Å². The summed E-state index contributed by atoms with van der Waals surface area (Å²) in [7, 11) is 0. The zero-order chi connectivity index (χ0) is 11.1. The lowest BCUT2D eigenvalue weighted by Crippen LogP contribution is -1.84. The molecule has 1 saturated carbocycles. The lowest BCUT2D eigenvalue weighted by Gasteiger charge is -1.99. The van der Waals surface area contributed by atoms with Gasteiger partial charge >= 0.3 is 0 Å². The van der Waals surface area contributed by atoms with E-state index in [4.69, 9.17) is 0 Å². The topological polar surface area (TPSA) is 28.7 Å². The first-order valence-corrected chi connectivity index (χ1v) is 5.56. The first kappa shape index (κ1) is 9.58. The van der Waals surface area contributed by atoms with Gasteiger partial charge in [0.05, 0.1) is 5.69 Å². The number of aromatic amines is 1. The Morgan fingerprint density at radius 1 is 1.25 bits per heavy atom. The van der Waals surface area contributed by atoms with Gasteiger partial charge in [-0.05, 0) is 49.6 Å². The molecule has 0 unspecified atom stereocenters. The molecule has 0 amide bonds. The van der Waals surface area contributed by atoms with E-state index in [-0.39, 0.29) is 5.82 Å². The third-order valence-corrected chi connectivity index (χ3v) is 3.15. The van der Waals surface area contributed by atoms with Crippen molar-refractivity contribution in [1.82, 2.24) is 10.2 Å². The van der Waals surface area contributed by atoms with Crippen LogP contribution in [-0.2, 0) is 0 Å². The fourth-order valence-electron chi connectivity index (χ4n) is 2.07. The van der Waals surface area contributed by atoms with Gasteiger partial charge in [-0.25, -0.2) is 4.39 Å².